The first-order valence-electron chi connectivity index (χ1n) is 5.92. The average molecular weight is 241 g/mol. The van der Waals surface area contributed by atoms with Gasteiger partial charge in [-0.2, -0.15) is 0 Å². The van der Waals surface area contributed by atoms with E-state index in [-0.39, 0.29) is 12.4 Å². The molecule has 0 saturated heterocycles. The summed E-state index contributed by atoms with van der Waals surface area (Å²) >= 11 is 0. The molecule has 0 heterocycles. The van der Waals surface area contributed by atoms with E-state index in [9.17, 15) is 9.50 Å². The first-order valence-corrected chi connectivity index (χ1v) is 5.92. The van der Waals surface area contributed by atoms with Crippen molar-refractivity contribution in [2.45, 2.75) is 32.4 Å². The molecule has 1 aromatic rings. The Labute approximate surface area is 102 Å². The number of benzene rings is 1. The fourth-order valence-corrected chi connectivity index (χ4v) is 1.29. The number of aliphatic hydroxyl groups excluding tert-OH is 1. The molecule has 0 radical (unpaired) electrons. The highest BCUT2D eigenvalue weighted by Gasteiger charge is 2.08. The SMILES string of the molecule is CC[C@H](C)NC[C@@H](O)COc1ccccc1F. The smallest absolute Gasteiger partial charge is 0.165 e. The maximum Gasteiger partial charge on any atom is 0.165 e. The molecule has 0 saturated carbocycles. The summed E-state index contributed by atoms with van der Waals surface area (Å²) in [6.07, 6.45) is 0.365. The Bertz CT molecular complexity index is 333. The molecule has 0 fully saturated rings. The van der Waals surface area contributed by atoms with Gasteiger partial charge in [-0.1, -0.05) is 19.1 Å². The van der Waals surface area contributed by atoms with Crippen molar-refractivity contribution >= 4 is 0 Å². The van der Waals surface area contributed by atoms with Gasteiger partial charge in [0.2, 0.25) is 0 Å². The molecule has 96 valence electrons. The van der Waals surface area contributed by atoms with E-state index in [1.165, 1.54) is 6.07 Å². The molecule has 2 N–H and O–H groups in total. The number of hydrogen-bond acceptors (Lipinski definition) is 3. The zero-order valence-corrected chi connectivity index (χ0v) is 10.3. The minimum atomic E-state index is -0.636. The van der Waals surface area contributed by atoms with Crippen LogP contribution in [-0.2, 0) is 0 Å². The Hall–Kier alpha value is -1.13. The van der Waals surface area contributed by atoms with E-state index in [4.69, 9.17) is 4.74 Å². The van der Waals surface area contributed by atoms with Gasteiger partial charge in [-0.3, -0.25) is 0 Å². The van der Waals surface area contributed by atoms with Crippen molar-refractivity contribution in [1.82, 2.24) is 5.32 Å². The summed E-state index contributed by atoms with van der Waals surface area (Å²) in [7, 11) is 0. The van der Waals surface area contributed by atoms with Crippen molar-refractivity contribution in [2.24, 2.45) is 0 Å². The van der Waals surface area contributed by atoms with Crippen molar-refractivity contribution in [1.29, 1.82) is 0 Å². The fraction of sp³-hybridized carbons (Fsp3) is 0.538. The summed E-state index contributed by atoms with van der Waals surface area (Å²) in [6.45, 7) is 4.65. The lowest BCUT2D eigenvalue weighted by molar-refractivity contribution is 0.102. The summed E-state index contributed by atoms with van der Waals surface area (Å²) in [5, 5.41) is 12.8. The van der Waals surface area contributed by atoms with Crippen molar-refractivity contribution in [3.63, 3.8) is 0 Å². The van der Waals surface area contributed by atoms with E-state index in [2.05, 4.69) is 12.2 Å². The Kier molecular flexibility index (Phi) is 5.94. The first-order chi connectivity index (χ1) is 8.13. The van der Waals surface area contributed by atoms with Gasteiger partial charge >= 0.3 is 0 Å². The highest BCUT2D eigenvalue weighted by Crippen LogP contribution is 2.15. The van der Waals surface area contributed by atoms with Crippen molar-refractivity contribution < 1.29 is 14.2 Å². The summed E-state index contributed by atoms with van der Waals surface area (Å²) in [6, 6.07) is 6.53. The number of rotatable bonds is 7. The lowest BCUT2D eigenvalue weighted by Gasteiger charge is -2.16. The minimum absolute atomic E-state index is 0.0877. The molecule has 1 aromatic carbocycles. The molecule has 2 atom stereocenters. The van der Waals surface area contributed by atoms with Gasteiger partial charge in [-0.15, -0.1) is 0 Å². The molecule has 17 heavy (non-hydrogen) atoms. The molecule has 0 bridgehead atoms. The lowest BCUT2D eigenvalue weighted by Crippen LogP contribution is -2.36. The van der Waals surface area contributed by atoms with Crippen LogP contribution in [0.4, 0.5) is 4.39 Å². The molecular weight excluding hydrogens is 221 g/mol. The van der Waals surface area contributed by atoms with Crippen LogP contribution < -0.4 is 10.1 Å². The highest BCUT2D eigenvalue weighted by molar-refractivity contribution is 5.23. The minimum Gasteiger partial charge on any atom is -0.488 e. The van der Waals surface area contributed by atoms with E-state index in [0.29, 0.717) is 12.6 Å². The third-order valence-electron chi connectivity index (χ3n) is 2.58. The topological polar surface area (TPSA) is 41.5 Å². The van der Waals surface area contributed by atoms with E-state index < -0.39 is 11.9 Å². The van der Waals surface area contributed by atoms with Crippen molar-refractivity contribution in [3.8, 4) is 5.75 Å². The molecule has 0 amide bonds. The third-order valence-corrected chi connectivity index (χ3v) is 2.58. The Morgan fingerprint density at radius 1 is 1.41 bits per heavy atom. The van der Waals surface area contributed by atoms with Gasteiger partial charge in [0.05, 0.1) is 0 Å². The quantitative estimate of drug-likeness (QED) is 0.766. The maximum absolute atomic E-state index is 13.2. The largest absolute Gasteiger partial charge is 0.488 e. The Balaban J connectivity index is 2.28. The van der Waals surface area contributed by atoms with Crippen LogP contribution in [0.5, 0.6) is 5.75 Å². The van der Waals surface area contributed by atoms with Gasteiger partial charge in [0.25, 0.3) is 0 Å². The van der Waals surface area contributed by atoms with Crippen LogP contribution in [0.3, 0.4) is 0 Å². The maximum atomic E-state index is 13.2. The van der Waals surface area contributed by atoms with Gasteiger partial charge in [0.15, 0.2) is 11.6 Å². The molecule has 0 aliphatic carbocycles. The molecule has 0 aromatic heterocycles. The van der Waals surface area contributed by atoms with E-state index in [1.54, 1.807) is 18.2 Å². The van der Waals surface area contributed by atoms with Crippen LogP contribution in [0.1, 0.15) is 20.3 Å². The second kappa shape index (κ2) is 7.25. The average Bonchev–Trinajstić information content (AvgIpc) is 2.35. The highest BCUT2D eigenvalue weighted by atomic mass is 19.1. The van der Waals surface area contributed by atoms with E-state index in [0.717, 1.165) is 6.42 Å². The summed E-state index contributed by atoms with van der Waals surface area (Å²) < 4.78 is 18.4. The second-order valence-corrected chi connectivity index (χ2v) is 4.11. The molecular formula is C13H20FNO2. The van der Waals surface area contributed by atoms with E-state index >= 15 is 0 Å². The zero-order chi connectivity index (χ0) is 12.7. The lowest BCUT2D eigenvalue weighted by atomic mass is 10.2. The standard InChI is InChI=1S/C13H20FNO2/c1-3-10(2)15-8-11(16)9-17-13-7-5-4-6-12(13)14/h4-7,10-11,15-16H,3,8-9H2,1-2H3/t10-,11+/m0/s1. The first kappa shape index (κ1) is 13.9. The summed E-state index contributed by atoms with van der Waals surface area (Å²) in [5.74, 6) is -0.232. The normalized spacial score (nSPS) is 14.4. The number of ether oxygens (including phenoxy) is 1. The number of nitrogens with one attached hydrogen (secondary N) is 1. The van der Waals surface area contributed by atoms with E-state index in [1.807, 2.05) is 6.92 Å². The number of hydrogen-bond donors (Lipinski definition) is 2. The van der Waals surface area contributed by atoms with Gasteiger partial charge in [0.1, 0.15) is 12.7 Å². The van der Waals surface area contributed by atoms with Gasteiger partial charge in [-0.25, -0.2) is 4.39 Å². The monoisotopic (exact) mass is 241 g/mol. The van der Waals surface area contributed by atoms with Crippen LogP contribution in [0.2, 0.25) is 0 Å². The second-order valence-electron chi connectivity index (χ2n) is 4.11. The molecule has 0 aliphatic heterocycles. The van der Waals surface area contributed by atoms with Crippen LogP contribution in [0.25, 0.3) is 0 Å². The van der Waals surface area contributed by atoms with Crippen molar-refractivity contribution in [2.75, 3.05) is 13.2 Å². The van der Waals surface area contributed by atoms with Gasteiger partial charge < -0.3 is 15.2 Å². The number of para-hydroxylation sites is 1. The fourth-order valence-electron chi connectivity index (χ4n) is 1.29. The van der Waals surface area contributed by atoms with Crippen molar-refractivity contribution in [3.05, 3.63) is 30.1 Å². The molecule has 1 rings (SSSR count). The predicted molar refractivity (Wildman–Crippen MR) is 65.7 cm³/mol. The van der Waals surface area contributed by atoms with Crippen LogP contribution in [0, 0.1) is 5.82 Å². The molecule has 4 heteroatoms. The van der Waals surface area contributed by atoms with Crippen LogP contribution in [-0.4, -0.2) is 30.4 Å². The zero-order valence-electron chi connectivity index (χ0n) is 10.3. The molecule has 0 unspecified atom stereocenters. The Morgan fingerprint density at radius 3 is 2.76 bits per heavy atom. The molecule has 3 nitrogen and oxygen atoms in total. The van der Waals surface area contributed by atoms with Gasteiger partial charge in [0, 0.05) is 12.6 Å². The molecule has 0 aliphatic rings. The summed E-state index contributed by atoms with van der Waals surface area (Å²) in [5.41, 5.74) is 0. The summed E-state index contributed by atoms with van der Waals surface area (Å²) in [4.78, 5) is 0. The Morgan fingerprint density at radius 2 is 2.12 bits per heavy atom. The molecule has 0 spiro atoms. The third kappa shape index (κ3) is 5.15. The van der Waals surface area contributed by atoms with Gasteiger partial charge in [-0.05, 0) is 25.5 Å². The predicted octanol–water partition coefficient (Wildman–Crippen LogP) is 1.95. The van der Waals surface area contributed by atoms with Crippen LogP contribution in [0.15, 0.2) is 24.3 Å². The van der Waals surface area contributed by atoms with Crippen LogP contribution >= 0.6 is 0 Å². The number of aliphatic hydroxyl groups is 1. The number of halogens is 1.